The van der Waals surface area contributed by atoms with Crippen molar-refractivity contribution in [3.8, 4) is 0 Å². The molecule has 2 heteroatoms. The van der Waals surface area contributed by atoms with E-state index in [-0.39, 0.29) is 5.60 Å². The summed E-state index contributed by atoms with van der Waals surface area (Å²) in [6.45, 7) is 4.38. The summed E-state index contributed by atoms with van der Waals surface area (Å²) in [6, 6.07) is 17.8. The topological polar surface area (TPSA) is 12.5 Å². The predicted molar refractivity (Wildman–Crippen MR) is 95.9 cm³/mol. The van der Waals surface area contributed by atoms with Crippen LogP contribution in [0.1, 0.15) is 35.1 Å². The molecule has 1 spiro atoms. The zero-order valence-electron chi connectivity index (χ0n) is 14.2. The lowest BCUT2D eigenvalue weighted by atomic mass is 9.83. The second-order valence-electron chi connectivity index (χ2n) is 7.78. The van der Waals surface area contributed by atoms with Gasteiger partial charge < -0.3 is 9.64 Å². The average molecular weight is 319 g/mol. The highest BCUT2D eigenvalue weighted by Crippen LogP contribution is 2.44. The maximum atomic E-state index is 6.29. The zero-order valence-corrected chi connectivity index (χ0v) is 14.2. The van der Waals surface area contributed by atoms with E-state index in [2.05, 4.69) is 53.4 Å². The van der Waals surface area contributed by atoms with Gasteiger partial charge in [-0.2, -0.15) is 0 Å². The van der Waals surface area contributed by atoms with Crippen molar-refractivity contribution < 1.29 is 4.74 Å². The SMILES string of the molecule is c1ccc2c(c1)CC(CN1CCC3(CC1)OCc1ccccc13)C2. The van der Waals surface area contributed by atoms with Gasteiger partial charge in [-0.3, -0.25) is 0 Å². The summed E-state index contributed by atoms with van der Waals surface area (Å²) in [5.41, 5.74) is 6.01. The third kappa shape index (κ3) is 2.40. The number of likely N-dealkylation sites (tertiary alicyclic amines) is 1. The Morgan fingerprint density at radius 3 is 2.21 bits per heavy atom. The van der Waals surface area contributed by atoms with Crippen molar-refractivity contribution in [2.24, 2.45) is 5.92 Å². The molecule has 1 aliphatic carbocycles. The van der Waals surface area contributed by atoms with Gasteiger partial charge in [0.05, 0.1) is 12.2 Å². The highest BCUT2D eigenvalue weighted by Gasteiger charge is 2.42. The standard InChI is InChI=1S/C22H25NO/c1-2-6-19-14-17(13-18(19)5-1)15-23-11-9-22(10-12-23)21-8-4-3-7-20(21)16-24-22/h1-8,17H,9-16H2. The van der Waals surface area contributed by atoms with E-state index < -0.39 is 0 Å². The molecule has 0 atom stereocenters. The normalized spacial score (nSPS) is 22.7. The molecule has 0 saturated carbocycles. The fourth-order valence-corrected chi connectivity index (χ4v) is 5.04. The summed E-state index contributed by atoms with van der Waals surface area (Å²) in [6.07, 6.45) is 4.81. The van der Waals surface area contributed by atoms with E-state index >= 15 is 0 Å². The number of piperidine rings is 1. The van der Waals surface area contributed by atoms with Gasteiger partial charge >= 0.3 is 0 Å². The van der Waals surface area contributed by atoms with Crippen LogP contribution < -0.4 is 0 Å². The average Bonchev–Trinajstić information content (AvgIpc) is 3.19. The third-order valence-corrected chi connectivity index (χ3v) is 6.33. The first kappa shape index (κ1) is 14.7. The first-order valence-corrected chi connectivity index (χ1v) is 9.34. The summed E-state index contributed by atoms with van der Waals surface area (Å²) in [5, 5.41) is 0. The van der Waals surface area contributed by atoms with E-state index in [0.717, 1.165) is 25.4 Å². The fourth-order valence-electron chi connectivity index (χ4n) is 5.04. The molecule has 0 aromatic heterocycles. The van der Waals surface area contributed by atoms with Crippen LogP contribution in [0, 0.1) is 5.92 Å². The van der Waals surface area contributed by atoms with E-state index in [0.29, 0.717) is 0 Å². The maximum Gasteiger partial charge on any atom is 0.0963 e. The van der Waals surface area contributed by atoms with Crippen molar-refractivity contribution in [1.29, 1.82) is 0 Å². The molecule has 3 aliphatic rings. The van der Waals surface area contributed by atoms with Crippen LogP contribution in [0.4, 0.5) is 0 Å². The summed E-state index contributed by atoms with van der Waals surface area (Å²) in [4.78, 5) is 2.67. The minimum atomic E-state index is 0.00569. The van der Waals surface area contributed by atoms with Crippen molar-refractivity contribution >= 4 is 0 Å². The van der Waals surface area contributed by atoms with Gasteiger partial charge in [0.1, 0.15) is 0 Å². The lowest BCUT2D eigenvalue weighted by molar-refractivity contribution is -0.0801. The van der Waals surface area contributed by atoms with Crippen LogP contribution in [0.2, 0.25) is 0 Å². The second-order valence-corrected chi connectivity index (χ2v) is 7.78. The molecule has 24 heavy (non-hydrogen) atoms. The Hall–Kier alpha value is -1.64. The number of ether oxygens (including phenoxy) is 1. The Kier molecular flexibility index (Phi) is 3.50. The Balaban J connectivity index is 1.23. The first-order chi connectivity index (χ1) is 11.8. The van der Waals surface area contributed by atoms with E-state index in [9.17, 15) is 0 Å². The van der Waals surface area contributed by atoms with Gasteiger partial charge in [-0.1, -0.05) is 48.5 Å². The van der Waals surface area contributed by atoms with Crippen molar-refractivity contribution in [2.45, 2.75) is 37.9 Å². The molecule has 2 aromatic rings. The molecule has 1 fully saturated rings. The summed E-state index contributed by atoms with van der Waals surface area (Å²) < 4.78 is 6.29. The molecule has 0 N–H and O–H groups in total. The second kappa shape index (κ2) is 5.72. The van der Waals surface area contributed by atoms with Crippen molar-refractivity contribution in [1.82, 2.24) is 4.90 Å². The van der Waals surface area contributed by atoms with Crippen molar-refractivity contribution in [3.05, 3.63) is 70.8 Å². The molecule has 0 radical (unpaired) electrons. The largest absolute Gasteiger partial charge is 0.365 e. The number of benzene rings is 2. The van der Waals surface area contributed by atoms with E-state index in [1.807, 2.05) is 0 Å². The minimum absolute atomic E-state index is 0.00569. The molecule has 2 aliphatic heterocycles. The van der Waals surface area contributed by atoms with Gasteiger partial charge in [0, 0.05) is 19.6 Å². The molecule has 0 amide bonds. The molecule has 2 heterocycles. The first-order valence-electron chi connectivity index (χ1n) is 9.34. The lowest BCUT2D eigenvalue weighted by Crippen LogP contribution is -2.44. The van der Waals surface area contributed by atoms with Crippen LogP contribution in [-0.4, -0.2) is 24.5 Å². The van der Waals surface area contributed by atoms with Gasteiger partial charge in [-0.05, 0) is 53.9 Å². The number of rotatable bonds is 2. The summed E-state index contributed by atoms with van der Waals surface area (Å²) in [5.74, 6) is 0.799. The van der Waals surface area contributed by atoms with E-state index in [1.54, 1.807) is 11.1 Å². The number of nitrogens with zero attached hydrogens (tertiary/aromatic N) is 1. The van der Waals surface area contributed by atoms with Crippen LogP contribution in [0.3, 0.4) is 0 Å². The van der Waals surface area contributed by atoms with Crippen LogP contribution in [0.5, 0.6) is 0 Å². The zero-order chi connectivity index (χ0) is 16.0. The fraction of sp³-hybridized carbons (Fsp3) is 0.455. The molecular formula is C22H25NO. The minimum Gasteiger partial charge on any atom is -0.365 e. The van der Waals surface area contributed by atoms with E-state index in [4.69, 9.17) is 4.74 Å². The van der Waals surface area contributed by atoms with E-state index in [1.165, 1.54) is 43.6 Å². The molecule has 0 unspecified atom stereocenters. The Labute approximate surface area is 144 Å². The Morgan fingerprint density at radius 1 is 0.875 bits per heavy atom. The molecule has 5 rings (SSSR count). The molecule has 2 nitrogen and oxygen atoms in total. The van der Waals surface area contributed by atoms with Crippen LogP contribution in [-0.2, 0) is 29.8 Å². The third-order valence-electron chi connectivity index (χ3n) is 6.33. The monoisotopic (exact) mass is 319 g/mol. The van der Waals surface area contributed by atoms with Crippen LogP contribution in [0.25, 0.3) is 0 Å². The smallest absolute Gasteiger partial charge is 0.0963 e. The summed E-state index contributed by atoms with van der Waals surface area (Å²) in [7, 11) is 0. The Morgan fingerprint density at radius 2 is 1.50 bits per heavy atom. The maximum absolute atomic E-state index is 6.29. The Bertz CT molecular complexity index is 720. The summed E-state index contributed by atoms with van der Waals surface area (Å²) >= 11 is 0. The quantitative estimate of drug-likeness (QED) is 0.832. The number of hydrogen-bond acceptors (Lipinski definition) is 2. The molecule has 124 valence electrons. The lowest BCUT2D eigenvalue weighted by Gasteiger charge is -2.40. The van der Waals surface area contributed by atoms with Gasteiger partial charge in [-0.25, -0.2) is 0 Å². The molecule has 0 bridgehead atoms. The molecular weight excluding hydrogens is 294 g/mol. The van der Waals surface area contributed by atoms with Crippen LogP contribution >= 0.6 is 0 Å². The predicted octanol–water partition coefficient (Wildman–Crippen LogP) is 3.92. The molecule has 2 aromatic carbocycles. The van der Waals surface area contributed by atoms with Gasteiger partial charge in [0.15, 0.2) is 0 Å². The number of fused-ring (bicyclic) bond motifs is 3. The molecule has 1 saturated heterocycles. The van der Waals surface area contributed by atoms with Crippen LogP contribution in [0.15, 0.2) is 48.5 Å². The number of hydrogen-bond donors (Lipinski definition) is 0. The van der Waals surface area contributed by atoms with Gasteiger partial charge in [-0.15, -0.1) is 0 Å². The van der Waals surface area contributed by atoms with Crippen molar-refractivity contribution in [3.63, 3.8) is 0 Å². The van der Waals surface area contributed by atoms with Gasteiger partial charge in [0.25, 0.3) is 0 Å². The highest BCUT2D eigenvalue weighted by atomic mass is 16.5. The highest BCUT2D eigenvalue weighted by molar-refractivity contribution is 5.36. The van der Waals surface area contributed by atoms with Gasteiger partial charge in [0.2, 0.25) is 0 Å². The van der Waals surface area contributed by atoms with Crippen molar-refractivity contribution in [2.75, 3.05) is 19.6 Å².